The van der Waals surface area contributed by atoms with Gasteiger partial charge < -0.3 is 8.98 Å². The van der Waals surface area contributed by atoms with Crippen LogP contribution in [0.4, 0.5) is 0 Å². The van der Waals surface area contributed by atoms with Gasteiger partial charge >= 0.3 is 0 Å². The van der Waals surface area contributed by atoms with Gasteiger partial charge in [-0.25, -0.2) is 4.98 Å². The first-order valence-corrected chi connectivity index (χ1v) is 5.22. The zero-order chi connectivity index (χ0) is 11.7. The molecule has 0 saturated heterocycles. The number of aryl methyl sites for hydroxylation is 1. The fourth-order valence-electron chi connectivity index (χ4n) is 1.42. The highest BCUT2D eigenvalue weighted by atomic mass is 32.1. The first kappa shape index (κ1) is 10.8. The third-order valence-electron chi connectivity index (χ3n) is 2.26. The van der Waals surface area contributed by atoms with E-state index in [1.54, 1.807) is 17.0 Å². The van der Waals surface area contributed by atoms with Crippen molar-refractivity contribution in [1.82, 2.24) is 14.5 Å². The summed E-state index contributed by atoms with van der Waals surface area (Å²) in [5, 5.41) is 0. The summed E-state index contributed by atoms with van der Waals surface area (Å²) in [7, 11) is 0. The van der Waals surface area contributed by atoms with Gasteiger partial charge in [0.2, 0.25) is 5.89 Å². The van der Waals surface area contributed by atoms with E-state index in [0.717, 1.165) is 5.76 Å². The Balaban J connectivity index is 2.45. The highest BCUT2D eigenvalue weighted by Crippen LogP contribution is 2.16. The molecule has 0 saturated carbocycles. The van der Waals surface area contributed by atoms with E-state index >= 15 is 0 Å². The van der Waals surface area contributed by atoms with Crippen LogP contribution in [0.1, 0.15) is 24.6 Å². The van der Waals surface area contributed by atoms with Crippen LogP contribution in [0.15, 0.2) is 27.7 Å². The van der Waals surface area contributed by atoms with Gasteiger partial charge in [-0.15, -0.1) is 0 Å². The second-order valence-corrected chi connectivity index (χ2v) is 3.89. The molecule has 2 rings (SSSR count). The monoisotopic (exact) mass is 237 g/mol. The van der Waals surface area contributed by atoms with Gasteiger partial charge in [-0.1, -0.05) is 0 Å². The quantitative estimate of drug-likeness (QED) is 0.809. The Bertz CT molecular complexity index is 611. The van der Waals surface area contributed by atoms with Gasteiger partial charge in [-0.05, 0) is 26.1 Å². The molecular weight excluding hydrogens is 226 g/mol. The molecule has 0 fully saturated rings. The molecule has 0 spiro atoms. The number of aromatic amines is 1. The maximum absolute atomic E-state index is 11.0. The van der Waals surface area contributed by atoms with Crippen LogP contribution in [0.2, 0.25) is 0 Å². The topological polar surface area (TPSA) is 63.8 Å². The van der Waals surface area contributed by atoms with Gasteiger partial charge in [0.15, 0.2) is 4.77 Å². The Morgan fingerprint density at radius 3 is 2.94 bits per heavy atom. The van der Waals surface area contributed by atoms with Crippen molar-refractivity contribution >= 4 is 12.2 Å². The van der Waals surface area contributed by atoms with Crippen molar-refractivity contribution in [2.24, 2.45) is 0 Å². The Hall–Kier alpha value is -1.69. The Labute approximate surface area is 96.8 Å². The Kier molecular flexibility index (Phi) is 2.74. The number of aromatic nitrogens is 3. The molecule has 1 atom stereocenters. The Morgan fingerprint density at radius 1 is 1.62 bits per heavy atom. The zero-order valence-corrected chi connectivity index (χ0v) is 9.75. The third kappa shape index (κ3) is 1.96. The number of H-pyrrole nitrogens is 1. The van der Waals surface area contributed by atoms with Gasteiger partial charge in [0.1, 0.15) is 11.8 Å². The first-order valence-electron chi connectivity index (χ1n) is 4.82. The van der Waals surface area contributed by atoms with Crippen molar-refractivity contribution in [3.63, 3.8) is 0 Å². The molecule has 0 aliphatic carbocycles. The van der Waals surface area contributed by atoms with Crippen molar-refractivity contribution in [1.29, 1.82) is 0 Å². The van der Waals surface area contributed by atoms with Crippen molar-refractivity contribution < 1.29 is 4.42 Å². The van der Waals surface area contributed by atoms with Crippen LogP contribution < -0.4 is 5.56 Å². The predicted molar refractivity (Wildman–Crippen MR) is 60.9 cm³/mol. The summed E-state index contributed by atoms with van der Waals surface area (Å²) in [6.45, 7) is 3.73. The van der Waals surface area contributed by atoms with E-state index in [1.165, 1.54) is 6.07 Å². The van der Waals surface area contributed by atoms with Crippen LogP contribution in [0.5, 0.6) is 0 Å². The molecule has 1 unspecified atom stereocenters. The van der Waals surface area contributed by atoms with Gasteiger partial charge in [-0.3, -0.25) is 9.78 Å². The number of nitrogens with one attached hydrogen (secondary N) is 1. The second-order valence-electron chi connectivity index (χ2n) is 3.50. The highest BCUT2D eigenvalue weighted by Gasteiger charge is 2.13. The van der Waals surface area contributed by atoms with Crippen molar-refractivity contribution in [2.45, 2.75) is 19.9 Å². The minimum atomic E-state index is -0.211. The first-order chi connectivity index (χ1) is 7.58. The lowest BCUT2D eigenvalue weighted by atomic mass is 10.3. The number of hydrogen-bond donors (Lipinski definition) is 1. The van der Waals surface area contributed by atoms with Gasteiger partial charge in [0.25, 0.3) is 5.56 Å². The van der Waals surface area contributed by atoms with E-state index in [4.69, 9.17) is 16.6 Å². The number of oxazole rings is 1. The molecule has 2 heterocycles. The minimum absolute atomic E-state index is 0.141. The maximum atomic E-state index is 11.0. The number of hydrogen-bond acceptors (Lipinski definition) is 4. The average molecular weight is 237 g/mol. The molecule has 0 radical (unpaired) electrons. The SMILES string of the molecule is Cc1cnc(C(C)n2ccc(=O)[nH]c2=S)o1. The molecule has 1 N–H and O–H groups in total. The molecular formula is C10H11N3O2S. The number of nitrogens with zero attached hydrogens (tertiary/aromatic N) is 2. The minimum Gasteiger partial charge on any atom is -0.444 e. The standard InChI is InChI=1S/C10H11N3O2S/c1-6-5-11-9(15-6)7(2)13-4-3-8(14)12-10(13)16/h3-5,7H,1-2H3,(H,12,14,16). The summed E-state index contributed by atoms with van der Waals surface area (Å²) in [4.78, 5) is 17.7. The fraction of sp³-hybridized carbons (Fsp3) is 0.300. The molecule has 0 aliphatic heterocycles. The molecule has 6 heteroatoms. The second kappa shape index (κ2) is 4.05. The van der Waals surface area contributed by atoms with Crippen LogP contribution in [-0.2, 0) is 0 Å². The molecule has 0 aromatic carbocycles. The van der Waals surface area contributed by atoms with Crippen LogP contribution >= 0.6 is 12.2 Å². The van der Waals surface area contributed by atoms with E-state index in [1.807, 2.05) is 13.8 Å². The molecule has 84 valence electrons. The molecule has 2 aromatic heterocycles. The summed E-state index contributed by atoms with van der Waals surface area (Å²) in [5.41, 5.74) is -0.211. The zero-order valence-electron chi connectivity index (χ0n) is 8.93. The largest absolute Gasteiger partial charge is 0.444 e. The van der Waals surface area contributed by atoms with E-state index in [9.17, 15) is 4.79 Å². The fourth-order valence-corrected chi connectivity index (χ4v) is 1.74. The van der Waals surface area contributed by atoms with Gasteiger partial charge in [-0.2, -0.15) is 0 Å². The summed E-state index contributed by atoms with van der Waals surface area (Å²) in [5.74, 6) is 1.32. The molecule has 16 heavy (non-hydrogen) atoms. The molecule has 5 nitrogen and oxygen atoms in total. The molecule has 0 bridgehead atoms. The van der Waals surface area contributed by atoms with Gasteiger partial charge in [0.05, 0.1) is 6.20 Å². The summed E-state index contributed by atoms with van der Waals surface area (Å²) < 4.78 is 7.50. The van der Waals surface area contributed by atoms with Crippen LogP contribution in [0, 0.1) is 11.7 Å². The van der Waals surface area contributed by atoms with Crippen LogP contribution in [0.25, 0.3) is 0 Å². The third-order valence-corrected chi connectivity index (χ3v) is 2.58. The smallest absolute Gasteiger partial charge is 0.251 e. The van der Waals surface area contributed by atoms with Crippen LogP contribution in [-0.4, -0.2) is 14.5 Å². The van der Waals surface area contributed by atoms with E-state index in [0.29, 0.717) is 10.7 Å². The number of rotatable bonds is 2. The summed E-state index contributed by atoms with van der Waals surface area (Å²) >= 11 is 5.06. The Morgan fingerprint density at radius 2 is 2.38 bits per heavy atom. The predicted octanol–water partition coefficient (Wildman–Crippen LogP) is 1.81. The summed E-state index contributed by atoms with van der Waals surface area (Å²) in [6, 6.07) is 1.28. The van der Waals surface area contributed by atoms with Crippen molar-refractivity contribution in [3.05, 3.63) is 45.2 Å². The van der Waals surface area contributed by atoms with E-state index < -0.39 is 0 Å². The van der Waals surface area contributed by atoms with Gasteiger partial charge in [0, 0.05) is 12.3 Å². The molecule has 0 amide bonds. The molecule has 2 aromatic rings. The normalized spacial score (nSPS) is 12.6. The van der Waals surface area contributed by atoms with Crippen LogP contribution in [0.3, 0.4) is 0 Å². The molecule has 0 aliphatic rings. The average Bonchev–Trinajstić information content (AvgIpc) is 2.64. The lowest BCUT2D eigenvalue weighted by Crippen LogP contribution is -2.15. The lowest BCUT2D eigenvalue weighted by molar-refractivity contribution is 0.410. The van der Waals surface area contributed by atoms with E-state index in [2.05, 4.69) is 9.97 Å². The van der Waals surface area contributed by atoms with E-state index in [-0.39, 0.29) is 11.6 Å². The highest BCUT2D eigenvalue weighted by molar-refractivity contribution is 7.71. The lowest BCUT2D eigenvalue weighted by Gasteiger charge is -2.11. The maximum Gasteiger partial charge on any atom is 0.251 e. The van der Waals surface area contributed by atoms with Crippen molar-refractivity contribution in [3.8, 4) is 0 Å². The van der Waals surface area contributed by atoms with Crippen molar-refractivity contribution in [2.75, 3.05) is 0 Å². The summed E-state index contributed by atoms with van der Waals surface area (Å²) in [6.07, 6.45) is 3.28.